The van der Waals surface area contributed by atoms with Crippen LogP contribution >= 0.6 is 0 Å². The van der Waals surface area contributed by atoms with Gasteiger partial charge in [-0.15, -0.1) is 0 Å². The van der Waals surface area contributed by atoms with E-state index in [1.807, 2.05) is 71.9 Å². The Morgan fingerprint density at radius 3 is 1.83 bits per heavy atom. The third-order valence-corrected chi connectivity index (χ3v) is 2.13. The van der Waals surface area contributed by atoms with E-state index in [0.29, 0.717) is 0 Å². The van der Waals surface area contributed by atoms with E-state index in [4.69, 9.17) is 5.11 Å². The summed E-state index contributed by atoms with van der Waals surface area (Å²) in [6.07, 6.45) is 6.18. The number of benzene rings is 1. The molecule has 0 saturated heterocycles. The number of aliphatic hydroxyl groups is 1. The van der Waals surface area contributed by atoms with E-state index in [-0.39, 0.29) is 6.61 Å². The molecule has 0 radical (unpaired) electrons. The lowest BCUT2D eigenvalue weighted by Gasteiger charge is -2.02. The van der Waals surface area contributed by atoms with Gasteiger partial charge in [-0.05, 0) is 30.5 Å². The molecule has 0 saturated carbocycles. The zero-order valence-electron chi connectivity index (χ0n) is 12.7. The molecule has 18 heavy (non-hydrogen) atoms. The molecular formula is C17H28O. The van der Waals surface area contributed by atoms with Crippen molar-refractivity contribution in [2.75, 3.05) is 0 Å². The molecule has 0 aliphatic rings. The molecule has 0 aliphatic heterocycles. The van der Waals surface area contributed by atoms with Crippen molar-refractivity contribution < 1.29 is 5.11 Å². The number of hydrogen-bond donors (Lipinski definition) is 1. The van der Waals surface area contributed by atoms with Crippen molar-refractivity contribution in [3.8, 4) is 0 Å². The van der Waals surface area contributed by atoms with Gasteiger partial charge in [0.05, 0.1) is 6.61 Å². The van der Waals surface area contributed by atoms with E-state index in [9.17, 15) is 0 Å². The van der Waals surface area contributed by atoms with Crippen LogP contribution in [0.3, 0.4) is 0 Å². The SMILES string of the molecule is C/C=C\C(=C/C)c1ccc(CO)cc1.CC.CC. The van der Waals surface area contributed by atoms with Crippen LogP contribution in [0.1, 0.15) is 52.7 Å². The maximum absolute atomic E-state index is 8.90. The maximum atomic E-state index is 8.90. The first kappa shape index (κ1) is 19.0. The van der Waals surface area contributed by atoms with E-state index in [1.54, 1.807) is 0 Å². The van der Waals surface area contributed by atoms with Gasteiger partial charge in [0.25, 0.3) is 0 Å². The summed E-state index contributed by atoms with van der Waals surface area (Å²) < 4.78 is 0. The highest BCUT2D eigenvalue weighted by Gasteiger charge is 1.96. The highest BCUT2D eigenvalue weighted by atomic mass is 16.3. The second-order valence-electron chi connectivity index (χ2n) is 3.10. The van der Waals surface area contributed by atoms with Gasteiger partial charge in [0.1, 0.15) is 0 Å². The first-order chi connectivity index (χ1) is 8.81. The summed E-state index contributed by atoms with van der Waals surface area (Å²) in [5, 5.41) is 8.90. The lowest BCUT2D eigenvalue weighted by molar-refractivity contribution is 0.282. The predicted molar refractivity (Wildman–Crippen MR) is 83.5 cm³/mol. The molecule has 1 aromatic rings. The minimum atomic E-state index is 0.106. The Bertz CT molecular complexity index is 331. The Balaban J connectivity index is 0. The number of allylic oxidation sites excluding steroid dienone is 4. The van der Waals surface area contributed by atoms with Crippen LogP contribution in [0.5, 0.6) is 0 Å². The topological polar surface area (TPSA) is 20.2 Å². The molecule has 0 atom stereocenters. The Labute approximate surface area is 113 Å². The number of aliphatic hydroxyl groups excluding tert-OH is 1. The normalized spacial score (nSPS) is 10.3. The van der Waals surface area contributed by atoms with Gasteiger partial charge >= 0.3 is 0 Å². The van der Waals surface area contributed by atoms with Crippen LogP contribution in [0.25, 0.3) is 5.57 Å². The van der Waals surface area contributed by atoms with Crippen LogP contribution in [0.4, 0.5) is 0 Å². The van der Waals surface area contributed by atoms with E-state index in [2.05, 4.69) is 12.2 Å². The highest BCUT2D eigenvalue weighted by molar-refractivity contribution is 5.73. The second kappa shape index (κ2) is 13.7. The van der Waals surface area contributed by atoms with E-state index in [0.717, 1.165) is 5.56 Å². The van der Waals surface area contributed by atoms with Crippen LogP contribution in [0.2, 0.25) is 0 Å². The molecule has 0 bridgehead atoms. The molecule has 1 aromatic carbocycles. The van der Waals surface area contributed by atoms with Crippen LogP contribution in [-0.2, 0) is 6.61 Å². The molecule has 0 heterocycles. The van der Waals surface area contributed by atoms with Crippen molar-refractivity contribution in [2.24, 2.45) is 0 Å². The molecule has 0 unspecified atom stereocenters. The van der Waals surface area contributed by atoms with E-state index >= 15 is 0 Å². The van der Waals surface area contributed by atoms with Gasteiger partial charge in [-0.1, -0.05) is 70.2 Å². The lowest BCUT2D eigenvalue weighted by atomic mass is 10.0. The largest absolute Gasteiger partial charge is 0.392 e. The van der Waals surface area contributed by atoms with E-state index in [1.165, 1.54) is 11.1 Å². The van der Waals surface area contributed by atoms with Gasteiger partial charge in [-0.25, -0.2) is 0 Å². The Morgan fingerprint density at radius 2 is 1.50 bits per heavy atom. The van der Waals surface area contributed by atoms with Crippen molar-refractivity contribution in [2.45, 2.75) is 48.1 Å². The average Bonchev–Trinajstić information content (AvgIpc) is 2.49. The van der Waals surface area contributed by atoms with Crippen LogP contribution in [0, 0.1) is 0 Å². The molecule has 1 rings (SSSR count). The molecule has 102 valence electrons. The van der Waals surface area contributed by atoms with E-state index < -0.39 is 0 Å². The molecule has 1 nitrogen and oxygen atoms in total. The molecule has 1 N–H and O–H groups in total. The fourth-order valence-corrected chi connectivity index (χ4v) is 1.34. The van der Waals surface area contributed by atoms with Gasteiger partial charge in [0.15, 0.2) is 0 Å². The Hall–Kier alpha value is -1.34. The summed E-state index contributed by atoms with van der Waals surface area (Å²) >= 11 is 0. The summed E-state index contributed by atoms with van der Waals surface area (Å²) in [6, 6.07) is 7.95. The predicted octanol–water partition coefficient (Wildman–Crippen LogP) is 5.21. The summed E-state index contributed by atoms with van der Waals surface area (Å²) in [5.74, 6) is 0. The minimum Gasteiger partial charge on any atom is -0.392 e. The zero-order valence-corrected chi connectivity index (χ0v) is 12.7. The van der Waals surface area contributed by atoms with Gasteiger partial charge in [-0.2, -0.15) is 0 Å². The van der Waals surface area contributed by atoms with Crippen molar-refractivity contribution in [3.63, 3.8) is 0 Å². The summed E-state index contributed by atoms with van der Waals surface area (Å²) in [7, 11) is 0. The van der Waals surface area contributed by atoms with Crippen molar-refractivity contribution in [3.05, 3.63) is 53.6 Å². The molecule has 0 amide bonds. The summed E-state index contributed by atoms with van der Waals surface area (Å²) in [5.41, 5.74) is 3.34. The Kier molecular flexibility index (Phi) is 14.5. The van der Waals surface area contributed by atoms with Crippen molar-refractivity contribution in [1.29, 1.82) is 0 Å². The molecule has 0 spiro atoms. The Morgan fingerprint density at radius 1 is 1.00 bits per heavy atom. The molecule has 0 aromatic heterocycles. The number of rotatable bonds is 3. The quantitative estimate of drug-likeness (QED) is 0.728. The first-order valence-corrected chi connectivity index (χ1v) is 6.81. The fraction of sp³-hybridized carbons (Fsp3) is 0.412. The van der Waals surface area contributed by atoms with Gasteiger partial charge in [0.2, 0.25) is 0 Å². The zero-order chi connectivity index (χ0) is 14.4. The summed E-state index contributed by atoms with van der Waals surface area (Å²) in [6.45, 7) is 12.1. The molecular weight excluding hydrogens is 220 g/mol. The van der Waals surface area contributed by atoms with Crippen LogP contribution in [-0.4, -0.2) is 5.11 Å². The number of hydrogen-bond acceptors (Lipinski definition) is 1. The van der Waals surface area contributed by atoms with Gasteiger partial charge in [0, 0.05) is 0 Å². The lowest BCUT2D eigenvalue weighted by Crippen LogP contribution is -1.84. The molecule has 0 fully saturated rings. The molecule has 0 aliphatic carbocycles. The average molecular weight is 248 g/mol. The van der Waals surface area contributed by atoms with Crippen molar-refractivity contribution in [1.82, 2.24) is 0 Å². The minimum absolute atomic E-state index is 0.106. The van der Waals surface area contributed by atoms with Crippen LogP contribution in [0.15, 0.2) is 42.5 Å². The highest BCUT2D eigenvalue weighted by Crippen LogP contribution is 2.16. The van der Waals surface area contributed by atoms with Gasteiger partial charge < -0.3 is 5.11 Å². The maximum Gasteiger partial charge on any atom is 0.0681 e. The standard InChI is InChI=1S/C13H16O.2C2H6/c1-3-5-12(4-2)13-8-6-11(10-14)7-9-13;2*1-2/h3-9,14H,10H2,1-2H3;2*1-2H3/b5-3-,12-4+;;. The fourth-order valence-electron chi connectivity index (χ4n) is 1.34. The third-order valence-electron chi connectivity index (χ3n) is 2.13. The molecule has 1 heteroatoms. The summed E-state index contributed by atoms with van der Waals surface area (Å²) in [4.78, 5) is 0. The second-order valence-corrected chi connectivity index (χ2v) is 3.10. The first-order valence-electron chi connectivity index (χ1n) is 6.81. The van der Waals surface area contributed by atoms with Gasteiger partial charge in [-0.3, -0.25) is 0 Å². The third kappa shape index (κ3) is 7.08. The van der Waals surface area contributed by atoms with Crippen molar-refractivity contribution >= 4 is 5.57 Å². The smallest absolute Gasteiger partial charge is 0.0681 e. The monoisotopic (exact) mass is 248 g/mol. The van der Waals surface area contributed by atoms with Crippen LogP contribution < -0.4 is 0 Å².